The van der Waals surface area contributed by atoms with Gasteiger partial charge < -0.3 is 18.8 Å². The number of imidazole rings is 1. The third-order valence-electron chi connectivity index (χ3n) is 5.30. The number of carbonyl (C=O) groups excluding carboxylic acids is 1. The van der Waals surface area contributed by atoms with E-state index in [0.717, 1.165) is 44.0 Å². The highest BCUT2D eigenvalue weighted by molar-refractivity contribution is 5.93. The molecular weight excluding hydrogens is 316 g/mol. The number of nitrogens with zero attached hydrogens (tertiary/aromatic N) is 4. The first-order valence-electron chi connectivity index (χ1n) is 9.24. The van der Waals surface area contributed by atoms with Crippen LogP contribution in [0.3, 0.4) is 0 Å². The normalized spacial score (nSPS) is 20.8. The predicted octanol–water partition coefficient (Wildman–Crippen LogP) is 2.69. The zero-order chi connectivity index (χ0) is 17.2. The number of hydrogen-bond acceptors (Lipinski definition) is 3. The molecule has 25 heavy (non-hydrogen) atoms. The van der Waals surface area contributed by atoms with Crippen LogP contribution in [0.1, 0.15) is 54.0 Å². The molecule has 6 nitrogen and oxygen atoms in total. The van der Waals surface area contributed by atoms with Gasteiger partial charge in [-0.25, -0.2) is 4.98 Å². The summed E-state index contributed by atoms with van der Waals surface area (Å²) >= 11 is 0. The average Bonchev–Trinajstić information content (AvgIpc) is 3.19. The number of hydrogen-bond donors (Lipinski definition) is 0. The number of likely N-dealkylation sites (tertiary alicyclic amines) is 1. The maximum Gasteiger partial charge on any atom is 0.270 e. The van der Waals surface area contributed by atoms with Crippen LogP contribution in [0.2, 0.25) is 0 Å². The lowest BCUT2D eigenvalue weighted by molar-refractivity contribution is 0.0691. The van der Waals surface area contributed by atoms with Crippen molar-refractivity contribution >= 4 is 5.91 Å². The Morgan fingerprint density at radius 3 is 3.00 bits per heavy atom. The van der Waals surface area contributed by atoms with Crippen LogP contribution in [-0.2, 0) is 11.3 Å². The van der Waals surface area contributed by atoms with Crippen molar-refractivity contribution in [2.75, 3.05) is 26.8 Å². The van der Waals surface area contributed by atoms with E-state index >= 15 is 0 Å². The molecule has 1 unspecified atom stereocenters. The average molecular weight is 342 g/mol. The van der Waals surface area contributed by atoms with E-state index in [9.17, 15) is 4.79 Å². The summed E-state index contributed by atoms with van der Waals surface area (Å²) < 4.78 is 9.51. The molecule has 4 rings (SSSR count). The van der Waals surface area contributed by atoms with Crippen LogP contribution >= 0.6 is 0 Å². The minimum absolute atomic E-state index is 0.164. The van der Waals surface area contributed by atoms with Gasteiger partial charge in [0.25, 0.3) is 5.91 Å². The number of piperidine rings is 1. The molecule has 134 valence electrons. The molecule has 2 aliphatic rings. The fourth-order valence-corrected chi connectivity index (χ4v) is 3.84. The smallest absolute Gasteiger partial charge is 0.270 e. The highest BCUT2D eigenvalue weighted by Gasteiger charge is 2.31. The summed E-state index contributed by atoms with van der Waals surface area (Å²) in [5.41, 5.74) is 0.839. The van der Waals surface area contributed by atoms with Crippen molar-refractivity contribution in [3.63, 3.8) is 0 Å². The number of amides is 1. The van der Waals surface area contributed by atoms with Crippen LogP contribution in [0, 0.1) is 0 Å². The van der Waals surface area contributed by atoms with Crippen LogP contribution in [0.15, 0.2) is 30.7 Å². The molecular formula is C19H26N4O2. The van der Waals surface area contributed by atoms with Crippen LogP contribution in [-0.4, -0.2) is 51.7 Å². The molecule has 3 heterocycles. The molecule has 0 bridgehead atoms. The summed E-state index contributed by atoms with van der Waals surface area (Å²) in [6, 6.07) is 4.48. The first-order chi connectivity index (χ1) is 12.3. The maximum absolute atomic E-state index is 13.0. The topological polar surface area (TPSA) is 52.3 Å². The Kier molecular flexibility index (Phi) is 4.61. The molecule has 2 aromatic heterocycles. The minimum atomic E-state index is 0.164. The molecule has 1 saturated heterocycles. The molecule has 0 spiro atoms. The lowest BCUT2D eigenvalue weighted by atomic mass is 9.96. The summed E-state index contributed by atoms with van der Waals surface area (Å²) in [5.74, 6) is 1.54. The summed E-state index contributed by atoms with van der Waals surface area (Å²) in [5, 5.41) is 0. The molecule has 2 aromatic rings. The van der Waals surface area contributed by atoms with Crippen molar-refractivity contribution in [1.82, 2.24) is 19.0 Å². The Morgan fingerprint density at radius 2 is 2.20 bits per heavy atom. The van der Waals surface area contributed by atoms with Gasteiger partial charge in [-0.3, -0.25) is 4.79 Å². The standard InChI is InChI=1S/C19H26N4O2/c1-25-13-12-21-11-8-20-18(21)15-4-2-9-22(14-15)19(24)17-5-3-10-23(17)16-6-7-16/h3,5,8,10-11,15-16H,2,4,6-7,9,12-14H2,1H3. The third kappa shape index (κ3) is 3.35. The molecule has 1 aliphatic carbocycles. The van der Waals surface area contributed by atoms with Gasteiger partial charge >= 0.3 is 0 Å². The summed E-state index contributed by atoms with van der Waals surface area (Å²) in [7, 11) is 1.71. The first kappa shape index (κ1) is 16.4. The van der Waals surface area contributed by atoms with E-state index in [1.807, 2.05) is 35.6 Å². The Bertz CT molecular complexity index is 731. The maximum atomic E-state index is 13.0. The number of methoxy groups -OCH3 is 1. The van der Waals surface area contributed by atoms with Crippen molar-refractivity contribution in [3.05, 3.63) is 42.2 Å². The number of aromatic nitrogens is 3. The Balaban J connectivity index is 1.48. The van der Waals surface area contributed by atoms with E-state index in [1.165, 1.54) is 12.8 Å². The fourth-order valence-electron chi connectivity index (χ4n) is 3.84. The SMILES string of the molecule is COCCn1ccnc1C1CCCN(C(=O)c2cccn2C2CC2)C1. The molecule has 1 atom stereocenters. The quantitative estimate of drug-likeness (QED) is 0.811. The van der Waals surface area contributed by atoms with Crippen LogP contribution in [0.4, 0.5) is 0 Å². The molecule has 1 aliphatic heterocycles. The first-order valence-corrected chi connectivity index (χ1v) is 9.24. The minimum Gasteiger partial charge on any atom is -0.383 e. The van der Waals surface area contributed by atoms with Crippen LogP contribution in [0.25, 0.3) is 0 Å². The third-order valence-corrected chi connectivity index (χ3v) is 5.30. The second kappa shape index (κ2) is 7.04. The van der Waals surface area contributed by atoms with Crippen molar-refractivity contribution in [2.45, 2.75) is 44.2 Å². The largest absolute Gasteiger partial charge is 0.383 e. The zero-order valence-electron chi connectivity index (χ0n) is 14.8. The van der Waals surface area contributed by atoms with Gasteiger partial charge in [0.15, 0.2) is 0 Å². The molecule has 1 saturated carbocycles. The van der Waals surface area contributed by atoms with Gasteiger partial charge in [-0.15, -0.1) is 0 Å². The van der Waals surface area contributed by atoms with Gasteiger partial charge in [0.1, 0.15) is 11.5 Å². The molecule has 6 heteroatoms. The Morgan fingerprint density at radius 1 is 1.32 bits per heavy atom. The van der Waals surface area contributed by atoms with Gasteiger partial charge in [0, 0.05) is 57.3 Å². The highest BCUT2D eigenvalue weighted by atomic mass is 16.5. The van der Waals surface area contributed by atoms with E-state index in [0.29, 0.717) is 18.6 Å². The molecule has 0 radical (unpaired) electrons. The molecule has 1 amide bonds. The Hall–Kier alpha value is -2.08. The van der Waals surface area contributed by atoms with Crippen LogP contribution in [0.5, 0.6) is 0 Å². The molecule has 0 N–H and O–H groups in total. The van der Waals surface area contributed by atoms with E-state index in [4.69, 9.17) is 4.74 Å². The molecule has 0 aromatic carbocycles. The van der Waals surface area contributed by atoms with Crippen molar-refractivity contribution < 1.29 is 9.53 Å². The van der Waals surface area contributed by atoms with E-state index in [2.05, 4.69) is 14.1 Å². The predicted molar refractivity (Wildman–Crippen MR) is 94.7 cm³/mol. The van der Waals surface area contributed by atoms with E-state index < -0.39 is 0 Å². The van der Waals surface area contributed by atoms with E-state index in [1.54, 1.807) is 7.11 Å². The van der Waals surface area contributed by atoms with Gasteiger partial charge in [-0.2, -0.15) is 0 Å². The lowest BCUT2D eigenvalue weighted by Gasteiger charge is -2.33. The van der Waals surface area contributed by atoms with Crippen molar-refractivity contribution in [3.8, 4) is 0 Å². The van der Waals surface area contributed by atoms with Crippen molar-refractivity contribution in [1.29, 1.82) is 0 Å². The van der Waals surface area contributed by atoms with Gasteiger partial charge in [-0.05, 0) is 37.8 Å². The van der Waals surface area contributed by atoms with E-state index in [-0.39, 0.29) is 5.91 Å². The summed E-state index contributed by atoms with van der Waals surface area (Å²) in [6.07, 6.45) is 10.4. The molecule has 2 fully saturated rings. The summed E-state index contributed by atoms with van der Waals surface area (Å²) in [4.78, 5) is 19.6. The van der Waals surface area contributed by atoms with Crippen LogP contribution < -0.4 is 0 Å². The monoisotopic (exact) mass is 342 g/mol. The fraction of sp³-hybridized carbons (Fsp3) is 0.579. The Labute approximate surface area is 148 Å². The lowest BCUT2D eigenvalue weighted by Crippen LogP contribution is -2.40. The summed E-state index contributed by atoms with van der Waals surface area (Å²) in [6.45, 7) is 3.07. The second-order valence-electron chi connectivity index (χ2n) is 7.09. The van der Waals surface area contributed by atoms with Gasteiger partial charge in [0.05, 0.1) is 6.61 Å². The second-order valence-corrected chi connectivity index (χ2v) is 7.09. The zero-order valence-corrected chi connectivity index (χ0v) is 14.8. The van der Waals surface area contributed by atoms with Gasteiger partial charge in [-0.1, -0.05) is 0 Å². The highest BCUT2D eigenvalue weighted by Crippen LogP contribution is 2.36. The van der Waals surface area contributed by atoms with Crippen molar-refractivity contribution in [2.24, 2.45) is 0 Å². The number of carbonyl (C=O) groups is 1. The van der Waals surface area contributed by atoms with Gasteiger partial charge in [0.2, 0.25) is 0 Å². The number of rotatable bonds is 6. The number of ether oxygens (including phenoxy) is 1.